The van der Waals surface area contributed by atoms with E-state index < -0.39 is 41.8 Å². The van der Waals surface area contributed by atoms with Gasteiger partial charge in [0.05, 0.1) is 13.1 Å². The Morgan fingerprint density at radius 1 is 0.897 bits per heavy atom. The van der Waals surface area contributed by atoms with Crippen molar-refractivity contribution in [2.24, 2.45) is 11.7 Å². The molecule has 0 heterocycles. The van der Waals surface area contributed by atoms with Crippen LogP contribution in [0.3, 0.4) is 0 Å². The molecule has 0 aliphatic carbocycles. The number of esters is 1. The third kappa shape index (κ3) is 13.8. The number of carbonyl (C=O) groups is 6. The molecule has 0 saturated heterocycles. The molecule has 1 aromatic carbocycles. The van der Waals surface area contributed by atoms with Crippen LogP contribution >= 0.6 is 0 Å². The molecule has 0 spiro atoms. The minimum absolute atomic E-state index is 0.0394. The van der Waals surface area contributed by atoms with E-state index in [0.29, 0.717) is 12.1 Å². The number of ether oxygens (including phenoxy) is 1. The minimum Gasteiger partial charge on any atom is -0.461 e. The normalized spacial score (nSPS) is 12.0. The fourth-order valence-corrected chi connectivity index (χ4v) is 3.31. The van der Waals surface area contributed by atoms with Gasteiger partial charge in [-0.05, 0) is 43.5 Å². The van der Waals surface area contributed by atoms with Gasteiger partial charge >= 0.3 is 12.0 Å². The van der Waals surface area contributed by atoms with Crippen molar-refractivity contribution in [3.8, 4) is 0 Å². The van der Waals surface area contributed by atoms with Crippen LogP contribution in [0.2, 0.25) is 0 Å². The number of likely N-dealkylation sites (N-methyl/N-ethyl adjacent to an activating group) is 1. The highest BCUT2D eigenvalue weighted by atomic mass is 16.5. The summed E-state index contributed by atoms with van der Waals surface area (Å²) >= 11 is 0. The van der Waals surface area contributed by atoms with Crippen LogP contribution in [0, 0.1) is 5.92 Å². The molecule has 0 aliphatic rings. The van der Waals surface area contributed by atoms with E-state index in [1.54, 1.807) is 45.2 Å². The summed E-state index contributed by atoms with van der Waals surface area (Å²) in [6.07, 6.45) is 0.500. The molecule has 6 amide bonds. The van der Waals surface area contributed by atoms with Crippen molar-refractivity contribution in [3.05, 3.63) is 29.8 Å². The van der Waals surface area contributed by atoms with Crippen LogP contribution in [-0.4, -0.2) is 74.4 Å². The minimum atomic E-state index is -0.999. The molecule has 8 N–H and O–H groups in total. The average molecular weight is 550 g/mol. The lowest BCUT2D eigenvalue weighted by molar-refractivity contribution is -0.142. The summed E-state index contributed by atoms with van der Waals surface area (Å²) in [5, 5.41) is 15.5. The largest absolute Gasteiger partial charge is 0.461 e. The van der Waals surface area contributed by atoms with Gasteiger partial charge in [0.1, 0.15) is 18.7 Å². The standard InChI is InChI=1S/C25H39N7O7/c1-15(2)22(32-21(35)13-29-20(34)12-27-4)24(37)31-19(6-5-11-28-25(26)38)23(36)30-18-9-7-17(8-10-18)14-39-16(3)33/h7-10,15,19,22,27H,5-6,11-14H2,1-4H3,(H,29,34)(H,30,36)(H,31,37)(H,32,35)(H3,26,28,38)/t19-,22-/m1/s1. The number of amides is 6. The lowest BCUT2D eigenvalue weighted by atomic mass is 10.0. The predicted molar refractivity (Wildman–Crippen MR) is 143 cm³/mol. The molecule has 0 bridgehead atoms. The van der Waals surface area contributed by atoms with Crippen LogP contribution in [-0.2, 0) is 35.3 Å². The van der Waals surface area contributed by atoms with Gasteiger partial charge in [0.25, 0.3) is 0 Å². The summed E-state index contributed by atoms with van der Waals surface area (Å²) in [7, 11) is 1.59. The zero-order valence-corrected chi connectivity index (χ0v) is 22.7. The number of benzene rings is 1. The molecular formula is C25H39N7O7. The van der Waals surface area contributed by atoms with Crippen molar-refractivity contribution in [2.75, 3.05) is 32.0 Å². The Morgan fingerprint density at radius 3 is 2.13 bits per heavy atom. The Balaban J connectivity index is 2.89. The Labute approximate surface area is 227 Å². The van der Waals surface area contributed by atoms with E-state index >= 15 is 0 Å². The second-order valence-electron chi connectivity index (χ2n) is 9.06. The number of anilines is 1. The van der Waals surface area contributed by atoms with E-state index in [-0.39, 0.29) is 44.5 Å². The number of nitrogens with one attached hydrogen (secondary N) is 6. The highest BCUT2D eigenvalue weighted by Gasteiger charge is 2.29. The van der Waals surface area contributed by atoms with Crippen LogP contribution in [0.1, 0.15) is 39.2 Å². The van der Waals surface area contributed by atoms with Crippen LogP contribution < -0.4 is 37.6 Å². The second-order valence-corrected chi connectivity index (χ2v) is 9.06. The molecule has 1 rings (SSSR count). The summed E-state index contributed by atoms with van der Waals surface area (Å²) < 4.78 is 4.94. The summed E-state index contributed by atoms with van der Waals surface area (Å²) in [4.78, 5) is 72.1. The fraction of sp³-hybridized carbons (Fsp3) is 0.520. The number of urea groups is 1. The third-order valence-corrected chi connectivity index (χ3v) is 5.31. The van der Waals surface area contributed by atoms with Gasteiger partial charge in [0.15, 0.2) is 0 Å². The topological polar surface area (TPSA) is 210 Å². The molecule has 216 valence electrons. The Morgan fingerprint density at radius 2 is 1.56 bits per heavy atom. The number of nitrogens with two attached hydrogens (primary N) is 1. The zero-order chi connectivity index (χ0) is 29.4. The summed E-state index contributed by atoms with van der Waals surface area (Å²) in [6, 6.07) is 3.94. The molecule has 14 heteroatoms. The van der Waals surface area contributed by atoms with Crippen LogP contribution in [0.15, 0.2) is 24.3 Å². The fourth-order valence-electron chi connectivity index (χ4n) is 3.31. The molecule has 1 aromatic rings. The highest BCUT2D eigenvalue weighted by Crippen LogP contribution is 2.12. The van der Waals surface area contributed by atoms with E-state index in [9.17, 15) is 28.8 Å². The maximum atomic E-state index is 13.1. The average Bonchev–Trinajstić information content (AvgIpc) is 2.87. The molecule has 0 unspecified atom stereocenters. The van der Waals surface area contributed by atoms with E-state index in [1.807, 2.05) is 0 Å². The first-order valence-electron chi connectivity index (χ1n) is 12.5. The third-order valence-electron chi connectivity index (χ3n) is 5.31. The van der Waals surface area contributed by atoms with Gasteiger partial charge in [-0.25, -0.2) is 4.79 Å². The number of hydrogen-bond donors (Lipinski definition) is 7. The molecular weight excluding hydrogens is 510 g/mol. The molecule has 39 heavy (non-hydrogen) atoms. The number of primary amides is 1. The SMILES string of the molecule is CNCC(=O)NCC(=O)N[C@@H](C(=O)N[C@H](CCCNC(N)=O)C(=O)Nc1ccc(COC(C)=O)cc1)C(C)C. The van der Waals surface area contributed by atoms with Gasteiger partial charge in [-0.1, -0.05) is 26.0 Å². The number of rotatable bonds is 16. The monoisotopic (exact) mass is 549 g/mol. The smallest absolute Gasteiger partial charge is 0.312 e. The Kier molecular flexibility index (Phi) is 14.6. The number of carbonyl (C=O) groups excluding carboxylic acids is 6. The van der Waals surface area contributed by atoms with Crippen molar-refractivity contribution in [2.45, 2.75) is 52.3 Å². The quantitative estimate of drug-likeness (QED) is 0.101. The summed E-state index contributed by atoms with van der Waals surface area (Å²) in [5.74, 6) is -2.77. The van der Waals surface area contributed by atoms with E-state index in [4.69, 9.17) is 10.5 Å². The molecule has 0 saturated carbocycles. The zero-order valence-electron chi connectivity index (χ0n) is 22.7. The molecule has 0 aromatic heterocycles. The molecule has 14 nitrogen and oxygen atoms in total. The molecule has 0 radical (unpaired) electrons. The maximum Gasteiger partial charge on any atom is 0.312 e. The first-order chi connectivity index (χ1) is 18.4. The van der Waals surface area contributed by atoms with Gasteiger partial charge < -0.3 is 42.4 Å². The summed E-state index contributed by atoms with van der Waals surface area (Å²) in [5.41, 5.74) is 6.26. The predicted octanol–water partition coefficient (Wildman–Crippen LogP) is -0.902. The van der Waals surface area contributed by atoms with Gasteiger partial charge in [-0.2, -0.15) is 0 Å². The van der Waals surface area contributed by atoms with Gasteiger partial charge in [0, 0.05) is 19.2 Å². The summed E-state index contributed by atoms with van der Waals surface area (Å²) in [6.45, 7) is 4.78. The van der Waals surface area contributed by atoms with Crippen molar-refractivity contribution in [1.29, 1.82) is 0 Å². The van der Waals surface area contributed by atoms with Crippen molar-refractivity contribution >= 4 is 41.3 Å². The highest BCUT2D eigenvalue weighted by molar-refractivity contribution is 5.98. The first-order valence-corrected chi connectivity index (χ1v) is 12.5. The van der Waals surface area contributed by atoms with Gasteiger partial charge in [-0.15, -0.1) is 0 Å². The Bertz CT molecular complexity index is 999. The molecule has 0 aliphatic heterocycles. The Hall–Kier alpha value is -4.20. The number of hydrogen-bond acceptors (Lipinski definition) is 8. The van der Waals surface area contributed by atoms with Crippen LogP contribution in [0.5, 0.6) is 0 Å². The van der Waals surface area contributed by atoms with Crippen molar-refractivity contribution in [1.82, 2.24) is 26.6 Å². The van der Waals surface area contributed by atoms with Gasteiger partial charge in [-0.3, -0.25) is 24.0 Å². The van der Waals surface area contributed by atoms with Crippen molar-refractivity contribution < 1.29 is 33.5 Å². The van der Waals surface area contributed by atoms with E-state index in [2.05, 4.69) is 31.9 Å². The maximum absolute atomic E-state index is 13.1. The van der Waals surface area contributed by atoms with Gasteiger partial charge in [0.2, 0.25) is 23.6 Å². The van der Waals surface area contributed by atoms with E-state index in [0.717, 1.165) is 5.56 Å². The lowest BCUT2D eigenvalue weighted by Gasteiger charge is -2.25. The van der Waals surface area contributed by atoms with Crippen molar-refractivity contribution in [3.63, 3.8) is 0 Å². The second kappa shape index (κ2) is 17.3. The van der Waals surface area contributed by atoms with E-state index in [1.165, 1.54) is 6.92 Å². The van der Waals surface area contributed by atoms with Crippen LogP contribution in [0.4, 0.5) is 10.5 Å². The van der Waals surface area contributed by atoms with Crippen LogP contribution in [0.25, 0.3) is 0 Å². The molecule has 2 atom stereocenters. The first kappa shape index (κ1) is 32.8. The lowest BCUT2D eigenvalue weighted by Crippen LogP contribution is -2.55. The molecule has 0 fully saturated rings.